The van der Waals surface area contributed by atoms with Gasteiger partial charge in [0.2, 0.25) is 0 Å². The third-order valence-electron chi connectivity index (χ3n) is 3.98. The van der Waals surface area contributed by atoms with Crippen molar-refractivity contribution in [2.75, 3.05) is 6.61 Å². The normalized spacial score (nSPS) is 15.6. The number of rotatable bonds is 5. The maximum atomic E-state index is 10.8. The van der Waals surface area contributed by atoms with Crippen molar-refractivity contribution in [3.8, 4) is 0 Å². The Kier molecular flexibility index (Phi) is 16.4. The Morgan fingerprint density at radius 2 is 1.77 bits per heavy atom. The molecule has 0 heterocycles. The molecule has 1 saturated carbocycles. The zero-order valence-corrected chi connectivity index (χ0v) is 18.8. The zero-order valence-electron chi connectivity index (χ0n) is 12.8. The minimum atomic E-state index is -0.228. The van der Waals surface area contributed by atoms with Crippen LogP contribution in [0.2, 0.25) is 5.02 Å². The van der Waals surface area contributed by atoms with E-state index in [9.17, 15) is 10.5 Å². The van der Waals surface area contributed by atoms with E-state index < -0.39 is 0 Å². The van der Waals surface area contributed by atoms with Crippen molar-refractivity contribution in [1.29, 1.82) is 0 Å². The van der Waals surface area contributed by atoms with Crippen molar-refractivity contribution < 1.29 is 34.5 Å². The second-order valence-corrected chi connectivity index (χ2v) is 5.80. The van der Waals surface area contributed by atoms with Gasteiger partial charge in [-0.05, 0) is 36.0 Å². The Morgan fingerprint density at radius 3 is 2.14 bits per heavy atom. The van der Waals surface area contributed by atoms with Crippen molar-refractivity contribution in [2.24, 2.45) is 5.92 Å². The minimum absolute atomic E-state index is 0. The fourth-order valence-corrected chi connectivity index (χ4v) is 2.75. The van der Waals surface area contributed by atoms with Gasteiger partial charge in [-0.3, -0.25) is 0 Å². The summed E-state index contributed by atoms with van der Waals surface area (Å²) in [6.07, 6.45) is 3.56. The monoisotopic (exact) mass is 425 g/mol. The largest absolute Gasteiger partial charge is 2.00 e. The molecule has 0 amide bonds. The van der Waals surface area contributed by atoms with Crippen LogP contribution in [-0.4, -0.2) is 58.4 Å². The van der Waals surface area contributed by atoms with E-state index in [1.54, 1.807) is 0 Å². The molecule has 1 atom stereocenters. The average molecular weight is 428 g/mol. The quantitative estimate of drug-likeness (QED) is 0.354. The number of hydrogen-bond acceptors (Lipinski definition) is 1. The van der Waals surface area contributed by atoms with E-state index in [0.29, 0.717) is 17.2 Å². The van der Waals surface area contributed by atoms with Gasteiger partial charge in [-0.25, -0.2) is 0 Å². The first-order valence-electron chi connectivity index (χ1n) is 6.48. The molecule has 2 rings (SSSR count). The summed E-state index contributed by atoms with van der Waals surface area (Å²) < 4.78 is 0. The van der Waals surface area contributed by atoms with Crippen LogP contribution in [0.1, 0.15) is 38.2 Å². The van der Waals surface area contributed by atoms with Crippen molar-refractivity contribution in [1.82, 2.24) is 0 Å². The number of benzene rings is 1. The van der Waals surface area contributed by atoms with Gasteiger partial charge in [0, 0.05) is 5.02 Å². The summed E-state index contributed by atoms with van der Waals surface area (Å²) in [5.41, 5.74) is 1.36. The van der Waals surface area contributed by atoms with Crippen LogP contribution in [0.25, 0.3) is 5.41 Å². The predicted octanol–water partition coefficient (Wildman–Crippen LogP) is -3.59. The van der Waals surface area contributed by atoms with Gasteiger partial charge in [-0.15, -0.1) is 6.61 Å². The molecule has 7 heteroatoms. The summed E-state index contributed by atoms with van der Waals surface area (Å²) >= 11 is 5.90. The van der Waals surface area contributed by atoms with Crippen LogP contribution in [0.3, 0.4) is 0 Å². The van der Waals surface area contributed by atoms with Crippen LogP contribution in [0.4, 0.5) is 0 Å². The van der Waals surface area contributed by atoms with Crippen LogP contribution < -0.4 is 34.5 Å². The van der Waals surface area contributed by atoms with Gasteiger partial charge in [0.05, 0.1) is 0 Å². The van der Waals surface area contributed by atoms with Crippen LogP contribution in [0.15, 0.2) is 24.3 Å². The first-order chi connectivity index (χ1) is 8.58. The molecule has 0 radical (unpaired) electrons. The van der Waals surface area contributed by atoms with Gasteiger partial charge in [0.1, 0.15) is 0 Å². The maximum absolute atomic E-state index is 10.8. The van der Waals surface area contributed by atoms with Gasteiger partial charge in [0.25, 0.3) is 0 Å². The SMILES string of the molecule is CC(C[O-])CC(=[N-])C1(c2ccc(Cl)cc2)CCC1.[Br-].[Cl-].[Mg+2].[Mg+2]. The standard InChI is InChI=1S/C15H18ClNO.BrH.ClH.2Mg/c1-11(10-18)9-14(17)15(7-2-8-15)12-3-5-13(16)6-4-12;;;;/h3-6,11H,2,7-10H2,1H3;2*1H;;/q-2;;;2*+2/p-2. The number of halogens is 3. The van der Waals surface area contributed by atoms with E-state index in [4.69, 9.17) is 11.6 Å². The van der Waals surface area contributed by atoms with Gasteiger partial charge < -0.3 is 39.9 Å². The Labute approximate surface area is 187 Å². The van der Waals surface area contributed by atoms with E-state index in [1.165, 1.54) is 0 Å². The Morgan fingerprint density at radius 1 is 1.27 bits per heavy atom. The molecule has 0 aromatic heterocycles. The van der Waals surface area contributed by atoms with Crippen molar-refractivity contribution in [2.45, 2.75) is 38.0 Å². The molecule has 22 heavy (non-hydrogen) atoms. The van der Waals surface area contributed by atoms with Crippen LogP contribution in [-0.2, 0) is 5.41 Å². The molecule has 114 valence electrons. The van der Waals surface area contributed by atoms with E-state index in [-0.39, 0.29) is 93.4 Å². The molecule has 1 aromatic rings. The molecular weight excluding hydrogens is 410 g/mol. The molecule has 1 unspecified atom stereocenters. The summed E-state index contributed by atoms with van der Waals surface area (Å²) in [7, 11) is 0. The summed E-state index contributed by atoms with van der Waals surface area (Å²) in [5.74, 6) is -0.00484. The summed E-state index contributed by atoms with van der Waals surface area (Å²) in [5, 5.41) is 21.9. The first kappa shape index (κ1) is 28.3. The van der Waals surface area contributed by atoms with Crippen molar-refractivity contribution in [3.63, 3.8) is 0 Å². The van der Waals surface area contributed by atoms with E-state index >= 15 is 0 Å². The Hall–Kier alpha value is 1.44. The molecule has 0 spiro atoms. The fraction of sp³-hybridized carbons (Fsp3) is 0.533. The molecule has 0 saturated heterocycles. The third kappa shape index (κ3) is 6.39. The molecule has 0 bridgehead atoms. The second-order valence-electron chi connectivity index (χ2n) is 5.37. The molecule has 0 N–H and O–H groups in total. The van der Waals surface area contributed by atoms with E-state index in [2.05, 4.69) is 0 Å². The summed E-state index contributed by atoms with van der Waals surface area (Å²) in [4.78, 5) is 0. The molecule has 1 aromatic carbocycles. The average Bonchev–Trinajstić information content (AvgIpc) is 2.30. The van der Waals surface area contributed by atoms with Crippen molar-refractivity contribution >= 4 is 63.4 Å². The Bertz CT molecular complexity index is 442. The smallest absolute Gasteiger partial charge is 1.00 e. The minimum Gasteiger partial charge on any atom is -1.00 e. The van der Waals surface area contributed by atoms with Crippen LogP contribution >= 0.6 is 11.6 Å². The molecule has 1 aliphatic rings. The van der Waals surface area contributed by atoms with E-state index in [0.717, 1.165) is 24.8 Å². The van der Waals surface area contributed by atoms with E-state index in [1.807, 2.05) is 31.2 Å². The second kappa shape index (κ2) is 12.8. The zero-order chi connectivity index (χ0) is 13.2. The number of hydrogen-bond donors (Lipinski definition) is 0. The first-order valence-corrected chi connectivity index (χ1v) is 6.86. The van der Waals surface area contributed by atoms with Gasteiger partial charge >= 0.3 is 46.1 Å². The number of nitrogens with zero attached hydrogens (tertiary/aromatic N) is 1. The molecular formula is C15H18BrCl2Mg2NO. The van der Waals surface area contributed by atoms with Crippen LogP contribution in [0, 0.1) is 5.92 Å². The molecule has 1 fully saturated rings. The molecule has 0 aliphatic heterocycles. The molecule has 1 aliphatic carbocycles. The summed E-state index contributed by atoms with van der Waals surface area (Å²) in [6.45, 7) is 1.75. The van der Waals surface area contributed by atoms with Gasteiger partial charge in [0.15, 0.2) is 0 Å². The fourth-order valence-electron chi connectivity index (χ4n) is 2.63. The maximum Gasteiger partial charge on any atom is 2.00 e. The predicted molar refractivity (Wildman–Crippen MR) is 85.5 cm³/mol. The summed E-state index contributed by atoms with van der Waals surface area (Å²) in [6, 6.07) is 7.70. The third-order valence-corrected chi connectivity index (χ3v) is 4.23. The van der Waals surface area contributed by atoms with Crippen LogP contribution in [0.5, 0.6) is 0 Å². The van der Waals surface area contributed by atoms with Gasteiger partial charge in [-0.1, -0.05) is 49.4 Å². The Balaban J connectivity index is -0.000000902. The topological polar surface area (TPSA) is 45.4 Å². The van der Waals surface area contributed by atoms with Crippen molar-refractivity contribution in [3.05, 3.63) is 40.3 Å². The molecule has 2 nitrogen and oxygen atoms in total. The van der Waals surface area contributed by atoms with Gasteiger partial charge in [-0.2, -0.15) is 5.71 Å².